The van der Waals surface area contributed by atoms with Gasteiger partial charge in [0, 0.05) is 28.6 Å². The lowest BCUT2D eigenvalue weighted by atomic mass is 10.1. The molecule has 0 aliphatic heterocycles. The summed E-state index contributed by atoms with van der Waals surface area (Å²) in [5.41, 5.74) is 1.46. The first-order chi connectivity index (χ1) is 15.4. The van der Waals surface area contributed by atoms with E-state index in [-0.39, 0.29) is 4.90 Å². The highest BCUT2D eigenvalue weighted by Crippen LogP contribution is 2.31. The van der Waals surface area contributed by atoms with Gasteiger partial charge in [0.25, 0.3) is 5.91 Å². The second-order valence-electron chi connectivity index (χ2n) is 7.39. The average molecular weight is 481 g/mol. The normalized spacial score (nSPS) is 11.5. The van der Waals surface area contributed by atoms with E-state index in [0.29, 0.717) is 38.5 Å². The Balaban J connectivity index is 2.12. The Morgan fingerprint density at radius 2 is 1.73 bits per heavy atom. The number of halogens is 4. The standard InChI is InChI=1S/C23H20ClF3N2O4/c1-13-18(11-21(31)28(14(2)30)12-23(25,26)27)19-10-17(33-3)8-9-20(19)29(13)22(32)15-4-6-16(24)7-5-15/h4-10H,11-12H2,1-3H3. The molecule has 1 aromatic heterocycles. The zero-order chi connectivity index (χ0) is 24.5. The lowest BCUT2D eigenvalue weighted by molar-refractivity contribution is -0.168. The fourth-order valence-electron chi connectivity index (χ4n) is 3.60. The molecule has 3 rings (SSSR count). The van der Waals surface area contributed by atoms with Gasteiger partial charge < -0.3 is 4.74 Å². The summed E-state index contributed by atoms with van der Waals surface area (Å²) in [5.74, 6) is -2.01. The molecule has 0 saturated carbocycles. The SMILES string of the molecule is COc1ccc2c(c1)c(CC(=O)N(CC(F)(F)F)C(C)=O)c(C)n2C(=O)c1ccc(Cl)cc1. The number of rotatable bonds is 5. The molecule has 0 spiro atoms. The molecule has 0 unspecified atom stereocenters. The highest BCUT2D eigenvalue weighted by atomic mass is 35.5. The van der Waals surface area contributed by atoms with Crippen molar-refractivity contribution in [3.63, 3.8) is 0 Å². The van der Waals surface area contributed by atoms with E-state index in [2.05, 4.69) is 0 Å². The molecule has 0 atom stereocenters. The molecule has 0 N–H and O–H groups in total. The van der Waals surface area contributed by atoms with Gasteiger partial charge >= 0.3 is 6.18 Å². The predicted octanol–water partition coefficient (Wildman–Crippen LogP) is 4.78. The molecule has 10 heteroatoms. The van der Waals surface area contributed by atoms with Crippen molar-refractivity contribution in [2.24, 2.45) is 0 Å². The number of ether oxygens (including phenoxy) is 1. The maximum Gasteiger partial charge on any atom is 0.406 e. The van der Waals surface area contributed by atoms with Crippen LogP contribution in [-0.4, -0.2) is 47.0 Å². The number of imide groups is 1. The minimum absolute atomic E-state index is 0.157. The molecular weight excluding hydrogens is 461 g/mol. The topological polar surface area (TPSA) is 68.6 Å². The van der Waals surface area contributed by atoms with Crippen LogP contribution in [0, 0.1) is 6.92 Å². The summed E-state index contributed by atoms with van der Waals surface area (Å²) in [6, 6.07) is 11.1. The molecule has 174 valence electrons. The maximum absolute atomic E-state index is 13.3. The molecule has 2 amide bonds. The number of methoxy groups -OCH3 is 1. The Morgan fingerprint density at radius 1 is 1.09 bits per heavy atom. The molecule has 33 heavy (non-hydrogen) atoms. The van der Waals surface area contributed by atoms with Gasteiger partial charge in [-0.3, -0.25) is 23.9 Å². The molecule has 6 nitrogen and oxygen atoms in total. The van der Waals surface area contributed by atoms with Crippen LogP contribution >= 0.6 is 11.6 Å². The van der Waals surface area contributed by atoms with Crippen LogP contribution in [-0.2, 0) is 16.0 Å². The average Bonchev–Trinajstić information content (AvgIpc) is 3.01. The van der Waals surface area contributed by atoms with Crippen molar-refractivity contribution in [2.75, 3.05) is 13.7 Å². The van der Waals surface area contributed by atoms with Crippen molar-refractivity contribution in [1.29, 1.82) is 0 Å². The van der Waals surface area contributed by atoms with Crippen LogP contribution in [0.15, 0.2) is 42.5 Å². The number of carbonyl (C=O) groups excluding carboxylic acids is 3. The quantitative estimate of drug-likeness (QED) is 0.527. The van der Waals surface area contributed by atoms with Crippen LogP contribution in [0.25, 0.3) is 10.9 Å². The number of hydrogen-bond donors (Lipinski definition) is 0. The van der Waals surface area contributed by atoms with E-state index in [1.807, 2.05) is 0 Å². The fourth-order valence-corrected chi connectivity index (χ4v) is 3.72. The minimum atomic E-state index is -4.74. The monoisotopic (exact) mass is 480 g/mol. The first-order valence-electron chi connectivity index (χ1n) is 9.78. The predicted molar refractivity (Wildman–Crippen MR) is 117 cm³/mol. The van der Waals surface area contributed by atoms with Crippen molar-refractivity contribution in [1.82, 2.24) is 9.47 Å². The van der Waals surface area contributed by atoms with Crippen molar-refractivity contribution in [2.45, 2.75) is 26.4 Å². The molecule has 0 saturated heterocycles. The van der Waals surface area contributed by atoms with Crippen LogP contribution in [0.1, 0.15) is 28.5 Å². The maximum atomic E-state index is 13.3. The van der Waals surface area contributed by atoms with Gasteiger partial charge in [0.05, 0.1) is 19.0 Å². The molecule has 2 aromatic carbocycles. The summed E-state index contributed by atoms with van der Waals surface area (Å²) in [5, 5.41) is 0.906. The van der Waals surface area contributed by atoms with E-state index in [4.69, 9.17) is 16.3 Å². The summed E-state index contributed by atoms with van der Waals surface area (Å²) < 4.78 is 45.3. The van der Waals surface area contributed by atoms with E-state index in [0.717, 1.165) is 6.92 Å². The number of hydrogen-bond acceptors (Lipinski definition) is 4. The van der Waals surface area contributed by atoms with Gasteiger partial charge in [-0.25, -0.2) is 0 Å². The van der Waals surface area contributed by atoms with E-state index in [1.165, 1.54) is 11.7 Å². The molecular formula is C23H20ClF3N2O4. The summed E-state index contributed by atoms with van der Waals surface area (Å²) in [4.78, 5) is 37.9. The number of carbonyl (C=O) groups is 3. The van der Waals surface area contributed by atoms with Gasteiger partial charge in [-0.2, -0.15) is 13.2 Å². The minimum Gasteiger partial charge on any atom is -0.497 e. The fraction of sp³-hybridized carbons (Fsp3) is 0.261. The largest absolute Gasteiger partial charge is 0.497 e. The Morgan fingerprint density at radius 3 is 2.27 bits per heavy atom. The van der Waals surface area contributed by atoms with Gasteiger partial charge in [-0.15, -0.1) is 0 Å². The molecule has 3 aromatic rings. The lowest BCUT2D eigenvalue weighted by Crippen LogP contribution is -2.42. The second-order valence-corrected chi connectivity index (χ2v) is 7.82. The van der Waals surface area contributed by atoms with Gasteiger partial charge in [-0.05, 0) is 55.0 Å². The Labute approximate surface area is 192 Å². The number of alkyl halides is 3. The van der Waals surface area contributed by atoms with E-state index >= 15 is 0 Å². The van der Waals surface area contributed by atoms with Crippen LogP contribution in [0.5, 0.6) is 5.75 Å². The lowest BCUT2D eigenvalue weighted by Gasteiger charge is -2.20. The van der Waals surface area contributed by atoms with Crippen molar-refractivity contribution >= 4 is 40.2 Å². The number of fused-ring (bicyclic) bond motifs is 1. The second kappa shape index (κ2) is 9.27. The summed E-state index contributed by atoms with van der Waals surface area (Å²) in [6.45, 7) is 0.795. The van der Waals surface area contributed by atoms with E-state index in [9.17, 15) is 27.6 Å². The molecule has 0 bridgehead atoms. The number of nitrogens with zero attached hydrogens (tertiary/aromatic N) is 2. The van der Waals surface area contributed by atoms with E-state index < -0.39 is 36.9 Å². The smallest absolute Gasteiger partial charge is 0.406 e. The summed E-state index contributed by atoms with van der Waals surface area (Å²) in [7, 11) is 1.44. The zero-order valence-electron chi connectivity index (χ0n) is 18.0. The molecule has 0 aliphatic rings. The van der Waals surface area contributed by atoms with Gasteiger partial charge in [-0.1, -0.05) is 11.6 Å². The number of benzene rings is 2. The van der Waals surface area contributed by atoms with Crippen LogP contribution in [0.4, 0.5) is 13.2 Å². The number of aromatic nitrogens is 1. The van der Waals surface area contributed by atoms with Crippen molar-refractivity contribution in [3.05, 3.63) is 64.3 Å². The van der Waals surface area contributed by atoms with Crippen LogP contribution in [0.3, 0.4) is 0 Å². The summed E-state index contributed by atoms with van der Waals surface area (Å²) in [6.07, 6.45) is -5.25. The van der Waals surface area contributed by atoms with Gasteiger partial charge in [0.2, 0.25) is 11.8 Å². The molecule has 0 radical (unpaired) electrons. The third-order valence-electron chi connectivity index (χ3n) is 5.18. The third kappa shape index (κ3) is 5.19. The van der Waals surface area contributed by atoms with Gasteiger partial charge in [0.15, 0.2) is 0 Å². The third-order valence-corrected chi connectivity index (χ3v) is 5.43. The summed E-state index contributed by atoms with van der Waals surface area (Å²) >= 11 is 5.90. The Kier molecular flexibility index (Phi) is 6.83. The Bertz CT molecular complexity index is 1230. The highest BCUT2D eigenvalue weighted by molar-refractivity contribution is 6.30. The van der Waals surface area contributed by atoms with Crippen LogP contribution < -0.4 is 4.74 Å². The van der Waals surface area contributed by atoms with E-state index in [1.54, 1.807) is 49.4 Å². The van der Waals surface area contributed by atoms with Crippen molar-refractivity contribution < 1.29 is 32.3 Å². The zero-order valence-corrected chi connectivity index (χ0v) is 18.8. The number of amides is 2. The Hall–Kier alpha value is -3.33. The highest BCUT2D eigenvalue weighted by Gasteiger charge is 2.35. The van der Waals surface area contributed by atoms with Crippen LogP contribution in [0.2, 0.25) is 5.02 Å². The first kappa shape index (κ1) is 24.3. The molecule has 1 heterocycles. The molecule has 0 aliphatic carbocycles. The molecule has 0 fully saturated rings. The van der Waals surface area contributed by atoms with Gasteiger partial charge in [0.1, 0.15) is 12.3 Å². The van der Waals surface area contributed by atoms with Crippen molar-refractivity contribution in [3.8, 4) is 5.75 Å². The first-order valence-corrected chi connectivity index (χ1v) is 10.2.